The summed E-state index contributed by atoms with van der Waals surface area (Å²) in [5, 5.41) is 11.0. The van der Waals surface area contributed by atoms with Crippen molar-refractivity contribution in [2.45, 2.75) is 26.2 Å². The lowest BCUT2D eigenvalue weighted by atomic mass is 10.0. The molecule has 0 aliphatic carbocycles. The monoisotopic (exact) mass is 300 g/mol. The van der Waals surface area contributed by atoms with Gasteiger partial charge in [0.25, 0.3) is 0 Å². The van der Waals surface area contributed by atoms with Crippen LogP contribution in [0.5, 0.6) is 0 Å². The Morgan fingerprint density at radius 3 is 2.67 bits per heavy atom. The Hall–Kier alpha value is -2.14. The van der Waals surface area contributed by atoms with Gasteiger partial charge in [0.15, 0.2) is 4.96 Å². The van der Waals surface area contributed by atoms with Crippen LogP contribution in [0.3, 0.4) is 0 Å². The molecule has 3 rings (SSSR count). The number of benzene rings is 1. The Kier molecular flexibility index (Phi) is 3.51. The van der Waals surface area contributed by atoms with Gasteiger partial charge in [0.1, 0.15) is 0 Å². The predicted octanol–water partition coefficient (Wildman–Crippen LogP) is 3.81. The minimum absolute atomic E-state index is 0.0182. The zero-order valence-corrected chi connectivity index (χ0v) is 12.7. The Labute approximate surface area is 126 Å². The zero-order chi connectivity index (χ0) is 15.0. The van der Waals surface area contributed by atoms with Crippen molar-refractivity contribution in [3.8, 4) is 11.3 Å². The molecule has 0 saturated carbocycles. The lowest BCUT2D eigenvalue weighted by molar-refractivity contribution is -0.136. The Bertz CT molecular complexity index is 787. The molecule has 4 nitrogen and oxygen atoms in total. The summed E-state index contributed by atoms with van der Waals surface area (Å²) in [6.07, 6.45) is 0.0182. The highest BCUT2D eigenvalue weighted by Gasteiger charge is 2.20. The van der Waals surface area contributed by atoms with Crippen LogP contribution in [-0.2, 0) is 11.2 Å². The molecule has 5 heteroatoms. The van der Waals surface area contributed by atoms with E-state index in [1.54, 1.807) is 0 Å². The predicted molar refractivity (Wildman–Crippen MR) is 83.9 cm³/mol. The summed E-state index contributed by atoms with van der Waals surface area (Å²) in [6.45, 7) is 4.22. The van der Waals surface area contributed by atoms with E-state index >= 15 is 0 Å². The molecule has 0 spiro atoms. The van der Waals surface area contributed by atoms with E-state index in [1.807, 2.05) is 40.1 Å². The summed E-state index contributed by atoms with van der Waals surface area (Å²) in [4.78, 5) is 16.6. The number of imidazole rings is 1. The van der Waals surface area contributed by atoms with Crippen LogP contribution in [0, 0.1) is 0 Å². The maximum absolute atomic E-state index is 11.0. The molecule has 1 N–H and O–H groups in total. The van der Waals surface area contributed by atoms with Crippen molar-refractivity contribution in [2.24, 2.45) is 0 Å². The first-order valence-electron chi connectivity index (χ1n) is 6.84. The molecule has 0 aliphatic heterocycles. The van der Waals surface area contributed by atoms with Gasteiger partial charge in [-0.15, -0.1) is 11.3 Å². The van der Waals surface area contributed by atoms with Crippen molar-refractivity contribution in [3.63, 3.8) is 0 Å². The third-order valence-corrected chi connectivity index (χ3v) is 4.27. The van der Waals surface area contributed by atoms with Gasteiger partial charge in [-0.2, -0.15) is 0 Å². The second kappa shape index (κ2) is 5.33. The molecule has 1 aromatic carbocycles. The number of hydrogen-bond acceptors (Lipinski definition) is 3. The number of fused-ring (bicyclic) bond motifs is 1. The van der Waals surface area contributed by atoms with Gasteiger partial charge in [-0.25, -0.2) is 4.98 Å². The molecule has 108 valence electrons. The van der Waals surface area contributed by atoms with Gasteiger partial charge in [0, 0.05) is 16.6 Å². The van der Waals surface area contributed by atoms with Crippen LogP contribution in [0.2, 0.25) is 0 Å². The summed E-state index contributed by atoms with van der Waals surface area (Å²) >= 11 is 1.49. The topological polar surface area (TPSA) is 54.6 Å². The van der Waals surface area contributed by atoms with Crippen LogP contribution in [0.25, 0.3) is 16.2 Å². The van der Waals surface area contributed by atoms with Crippen molar-refractivity contribution in [1.82, 2.24) is 9.38 Å². The van der Waals surface area contributed by atoms with Gasteiger partial charge >= 0.3 is 5.97 Å². The molecule has 2 heterocycles. The van der Waals surface area contributed by atoms with E-state index in [1.165, 1.54) is 11.3 Å². The van der Waals surface area contributed by atoms with Crippen LogP contribution < -0.4 is 0 Å². The second-order valence-electron chi connectivity index (χ2n) is 5.28. The molecule has 0 fully saturated rings. The number of carbonyl (C=O) groups is 1. The van der Waals surface area contributed by atoms with Gasteiger partial charge in [-0.3, -0.25) is 9.20 Å². The minimum Gasteiger partial charge on any atom is -0.481 e. The number of hydrogen-bond donors (Lipinski definition) is 1. The number of thiazole rings is 1. The highest BCUT2D eigenvalue weighted by atomic mass is 32.1. The average Bonchev–Trinajstić information content (AvgIpc) is 2.99. The van der Waals surface area contributed by atoms with Crippen LogP contribution >= 0.6 is 11.3 Å². The summed E-state index contributed by atoms with van der Waals surface area (Å²) in [7, 11) is 0. The van der Waals surface area contributed by atoms with Crippen molar-refractivity contribution < 1.29 is 9.90 Å². The lowest BCUT2D eigenvalue weighted by Gasteiger charge is -2.09. The molecule has 0 bridgehead atoms. The quantitative estimate of drug-likeness (QED) is 0.797. The van der Waals surface area contributed by atoms with Gasteiger partial charge in [-0.1, -0.05) is 44.2 Å². The Morgan fingerprint density at radius 2 is 2.05 bits per heavy atom. The third-order valence-electron chi connectivity index (χ3n) is 3.40. The first-order chi connectivity index (χ1) is 10.1. The number of aromatic nitrogens is 2. The highest BCUT2D eigenvalue weighted by Crippen LogP contribution is 2.33. The third kappa shape index (κ3) is 2.45. The molecule has 21 heavy (non-hydrogen) atoms. The standard InChI is InChI=1S/C16H16N2O2S/c1-10(2)15-14(11-6-4-3-5-7-11)17-16-18(15)12(9-21-16)8-13(19)20/h3-7,9-10H,8H2,1-2H3,(H,19,20). The zero-order valence-electron chi connectivity index (χ0n) is 11.9. The van der Waals surface area contributed by atoms with Crippen molar-refractivity contribution in [3.05, 3.63) is 47.1 Å². The largest absolute Gasteiger partial charge is 0.481 e. The fraction of sp³-hybridized carbons (Fsp3) is 0.250. The van der Waals surface area contributed by atoms with Crippen molar-refractivity contribution >= 4 is 22.3 Å². The van der Waals surface area contributed by atoms with E-state index in [4.69, 9.17) is 10.1 Å². The van der Waals surface area contributed by atoms with E-state index in [0.717, 1.165) is 27.6 Å². The van der Waals surface area contributed by atoms with Crippen LogP contribution in [0.1, 0.15) is 31.2 Å². The van der Waals surface area contributed by atoms with Crippen LogP contribution in [-0.4, -0.2) is 20.5 Å². The van der Waals surface area contributed by atoms with Crippen molar-refractivity contribution in [1.29, 1.82) is 0 Å². The first-order valence-corrected chi connectivity index (χ1v) is 7.72. The second-order valence-corrected chi connectivity index (χ2v) is 6.12. The molecular formula is C16H16N2O2S. The Morgan fingerprint density at radius 1 is 1.33 bits per heavy atom. The molecule has 0 aliphatic rings. The summed E-state index contributed by atoms with van der Waals surface area (Å²) < 4.78 is 2.01. The number of nitrogens with zero attached hydrogens (tertiary/aromatic N) is 2. The number of carboxylic acids is 1. The van der Waals surface area contributed by atoms with Gasteiger partial charge in [0.05, 0.1) is 17.8 Å². The van der Waals surface area contributed by atoms with Crippen molar-refractivity contribution in [2.75, 3.05) is 0 Å². The lowest BCUT2D eigenvalue weighted by Crippen LogP contribution is -2.06. The SMILES string of the molecule is CC(C)c1c(-c2ccccc2)nc2scc(CC(=O)O)n12. The van der Waals surface area contributed by atoms with Gasteiger partial charge in [0.2, 0.25) is 0 Å². The maximum atomic E-state index is 11.0. The smallest absolute Gasteiger partial charge is 0.309 e. The molecular weight excluding hydrogens is 284 g/mol. The fourth-order valence-corrected chi connectivity index (χ4v) is 3.45. The number of aliphatic carboxylic acids is 1. The average molecular weight is 300 g/mol. The molecule has 0 radical (unpaired) electrons. The molecule has 0 atom stereocenters. The first kappa shape index (κ1) is 13.8. The molecule has 0 unspecified atom stereocenters. The minimum atomic E-state index is -0.820. The molecule has 2 aromatic heterocycles. The number of rotatable bonds is 4. The van der Waals surface area contributed by atoms with E-state index in [2.05, 4.69) is 13.8 Å². The normalized spacial score (nSPS) is 11.4. The Balaban J connectivity index is 2.25. The molecule has 3 aromatic rings. The molecule has 0 saturated heterocycles. The fourth-order valence-electron chi connectivity index (χ4n) is 2.56. The van der Waals surface area contributed by atoms with Crippen LogP contribution in [0.15, 0.2) is 35.7 Å². The van der Waals surface area contributed by atoms with E-state index < -0.39 is 5.97 Å². The van der Waals surface area contributed by atoms with Gasteiger partial charge < -0.3 is 5.11 Å². The van der Waals surface area contributed by atoms with Gasteiger partial charge in [-0.05, 0) is 5.92 Å². The van der Waals surface area contributed by atoms with E-state index in [-0.39, 0.29) is 12.3 Å². The van der Waals surface area contributed by atoms with E-state index in [0.29, 0.717) is 0 Å². The molecule has 0 amide bonds. The highest BCUT2D eigenvalue weighted by molar-refractivity contribution is 7.15. The summed E-state index contributed by atoms with van der Waals surface area (Å²) in [5.41, 5.74) is 3.89. The summed E-state index contributed by atoms with van der Waals surface area (Å²) in [6, 6.07) is 10.0. The summed E-state index contributed by atoms with van der Waals surface area (Å²) in [5.74, 6) is -0.559. The maximum Gasteiger partial charge on any atom is 0.309 e. The number of carboxylic acid groups (broad SMARTS) is 1. The van der Waals surface area contributed by atoms with Crippen LogP contribution in [0.4, 0.5) is 0 Å². The van der Waals surface area contributed by atoms with E-state index in [9.17, 15) is 4.79 Å².